The molecule has 1 atom stereocenters. The van der Waals surface area contributed by atoms with Crippen LogP contribution in [-0.2, 0) is 0 Å². The van der Waals surface area contributed by atoms with Crippen molar-refractivity contribution in [3.63, 3.8) is 0 Å². The Morgan fingerprint density at radius 3 is 2.08 bits per heavy atom. The lowest BCUT2D eigenvalue weighted by Crippen LogP contribution is -2.34. The van der Waals surface area contributed by atoms with Crippen molar-refractivity contribution in [2.24, 2.45) is 0 Å². The van der Waals surface area contributed by atoms with E-state index in [0.717, 1.165) is 15.5 Å². The number of rotatable bonds is 1. The maximum atomic E-state index is 3.48. The molecule has 1 aliphatic heterocycles. The van der Waals surface area contributed by atoms with Gasteiger partial charge in [-0.1, -0.05) is 31.9 Å². The van der Waals surface area contributed by atoms with Crippen LogP contribution in [0.1, 0.15) is 18.0 Å². The Morgan fingerprint density at radius 1 is 1.15 bits per heavy atom. The van der Waals surface area contributed by atoms with Gasteiger partial charge in [-0.15, -0.1) is 12.4 Å². The zero-order valence-electron chi connectivity index (χ0n) is 6.89. The summed E-state index contributed by atoms with van der Waals surface area (Å²) in [5, 5.41) is 3.37. The molecule has 1 nitrogen and oxygen atoms in total. The lowest BCUT2D eigenvalue weighted by atomic mass is 9.98. The average molecular weight is 327 g/mol. The summed E-state index contributed by atoms with van der Waals surface area (Å²) in [6.45, 7) is 1.15. The second-order valence-electron chi connectivity index (χ2n) is 3.00. The average Bonchev–Trinajstić information content (AvgIpc) is 1.79. The van der Waals surface area contributed by atoms with Crippen LogP contribution in [0, 0.1) is 0 Å². The summed E-state index contributed by atoms with van der Waals surface area (Å²) in [6.07, 6.45) is 1.25. The smallest absolute Gasteiger partial charge is 0.0333 e. The molecule has 0 unspecified atom stereocenters. The third-order valence-electron chi connectivity index (χ3n) is 2.11. The van der Waals surface area contributed by atoms with E-state index in [9.17, 15) is 0 Å². The second-order valence-corrected chi connectivity index (χ2v) is 4.83. The fraction of sp³-hybridized carbons (Fsp3) is 0.333. The van der Waals surface area contributed by atoms with Gasteiger partial charge in [0.25, 0.3) is 0 Å². The fourth-order valence-electron chi connectivity index (χ4n) is 1.35. The molecule has 1 N–H and O–H groups in total. The zero-order chi connectivity index (χ0) is 8.55. The molecular formula is C9H10Br2ClN. The number of benzene rings is 1. The number of hydrogen-bond acceptors (Lipinski definition) is 1. The van der Waals surface area contributed by atoms with E-state index < -0.39 is 0 Å². The van der Waals surface area contributed by atoms with Crippen molar-refractivity contribution in [1.82, 2.24) is 5.32 Å². The summed E-state index contributed by atoms with van der Waals surface area (Å²) >= 11 is 6.95. The minimum atomic E-state index is 0. The molecule has 0 saturated carbocycles. The highest BCUT2D eigenvalue weighted by molar-refractivity contribution is 9.11. The van der Waals surface area contributed by atoms with Crippen molar-refractivity contribution in [1.29, 1.82) is 0 Å². The van der Waals surface area contributed by atoms with Crippen molar-refractivity contribution >= 4 is 44.3 Å². The van der Waals surface area contributed by atoms with Crippen LogP contribution in [0.15, 0.2) is 27.1 Å². The van der Waals surface area contributed by atoms with Gasteiger partial charge in [0.15, 0.2) is 0 Å². The minimum absolute atomic E-state index is 0. The summed E-state index contributed by atoms with van der Waals surface area (Å²) in [5.74, 6) is 0. The van der Waals surface area contributed by atoms with E-state index in [0.29, 0.717) is 6.04 Å². The second kappa shape index (κ2) is 4.78. The van der Waals surface area contributed by atoms with Crippen LogP contribution < -0.4 is 5.32 Å². The first-order valence-electron chi connectivity index (χ1n) is 3.95. The number of nitrogens with one attached hydrogen (secondary N) is 1. The minimum Gasteiger partial charge on any atom is -0.310 e. The monoisotopic (exact) mass is 325 g/mol. The molecule has 1 heterocycles. The highest BCUT2D eigenvalue weighted by Gasteiger charge is 2.18. The molecule has 4 heteroatoms. The largest absolute Gasteiger partial charge is 0.310 e. The van der Waals surface area contributed by atoms with Crippen LogP contribution >= 0.6 is 44.3 Å². The van der Waals surface area contributed by atoms with Crippen LogP contribution in [0.5, 0.6) is 0 Å². The maximum Gasteiger partial charge on any atom is 0.0333 e. The molecule has 0 radical (unpaired) electrons. The van der Waals surface area contributed by atoms with Gasteiger partial charge in [-0.2, -0.15) is 0 Å². The Kier molecular flexibility index (Phi) is 4.23. The molecule has 72 valence electrons. The highest BCUT2D eigenvalue weighted by Crippen LogP contribution is 2.28. The molecule has 1 saturated heterocycles. The lowest BCUT2D eigenvalue weighted by molar-refractivity contribution is 0.383. The van der Waals surface area contributed by atoms with E-state index >= 15 is 0 Å². The van der Waals surface area contributed by atoms with Gasteiger partial charge in [-0.25, -0.2) is 0 Å². The molecule has 0 amide bonds. The SMILES string of the molecule is Brc1cc(Br)cc([C@@H]2CCN2)c1.Cl. The van der Waals surface area contributed by atoms with E-state index in [2.05, 4.69) is 55.4 Å². The molecule has 0 spiro atoms. The van der Waals surface area contributed by atoms with Crippen LogP contribution in [-0.4, -0.2) is 6.54 Å². The van der Waals surface area contributed by atoms with E-state index in [4.69, 9.17) is 0 Å². The third kappa shape index (κ3) is 2.69. The van der Waals surface area contributed by atoms with Crippen LogP contribution in [0.3, 0.4) is 0 Å². The van der Waals surface area contributed by atoms with Crippen molar-refractivity contribution in [2.75, 3.05) is 6.54 Å². The number of halogens is 3. The Morgan fingerprint density at radius 2 is 1.69 bits per heavy atom. The van der Waals surface area contributed by atoms with Gasteiger partial charge in [0.2, 0.25) is 0 Å². The molecule has 0 aliphatic carbocycles. The first-order chi connectivity index (χ1) is 5.75. The van der Waals surface area contributed by atoms with Crippen molar-refractivity contribution < 1.29 is 0 Å². The first-order valence-corrected chi connectivity index (χ1v) is 5.54. The summed E-state index contributed by atoms with van der Waals surface area (Å²) in [7, 11) is 0. The predicted octanol–water partition coefficient (Wildman–Crippen LogP) is 3.67. The van der Waals surface area contributed by atoms with E-state index in [1.54, 1.807) is 0 Å². The maximum absolute atomic E-state index is 3.48. The Labute approximate surface area is 101 Å². The van der Waals surface area contributed by atoms with Gasteiger partial charge in [0, 0.05) is 15.0 Å². The number of hydrogen-bond donors (Lipinski definition) is 1. The van der Waals surface area contributed by atoms with Gasteiger partial charge < -0.3 is 5.32 Å². The van der Waals surface area contributed by atoms with E-state index in [1.165, 1.54) is 12.0 Å². The lowest BCUT2D eigenvalue weighted by Gasteiger charge is -2.28. The summed E-state index contributed by atoms with van der Waals surface area (Å²) in [5.41, 5.74) is 1.36. The summed E-state index contributed by atoms with van der Waals surface area (Å²) in [4.78, 5) is 0. The molecule has 1 aliphatic rings. The van der Waals surface area contributed by atoms with Gasteiger partial charge in [-0.05, 0) is 36.7 Å². The molecule has 13 heavy (non-hydrogen) atoms. The van der Waals surface area contributed by atoms with Crippen LogP contribution in [0.4, 0.5) is 0 Å². The Balaban J connectivity index is 0.000000845. The molecule has 0 aromatic heterocycles. The third-order valence-corrected chi connectivity index (χ3v) is 3.03. The topological polar surface area (TPSA) is 12.0 Å². The normalized spacial score (nSPS) is 20.3. The summed E-state index contributed by atoms with van der Waals surface area (Å²) in [6, 6.07) is 6.96. The molecule has 1 aromatic carbocycles. The Bertz CT molecular complexity index is 279. The highest BCUT2D eigenvalue weighted by atomic mass is 79.9. The zero-order valence-corrected chi connectivity index (χ0v) is 10.9. The quantitative estimate of drug-likeness (QED) is 0.830. The molecule has 1 fully saturated rings. The molecule has 1 aromatic rings. The standard InChI is InChI=1S/C9H9Br2N.ClH/c10-7-3-6(4-8(11)5-7)9-1-2-12-9;/h3-5,9,12H,1-2H2;1H/t9-;/m0./s1. The van der Waals surface area contributed by atoms with Crippen LogP contribution in [0.2, 0.25) is 0 Å². The summed E-state index contributed by atoms with van der Waals surface area (Å²) < 4.78 is 2.28. The van der Waals surface area contributed by atoms with Gasteiger partial charge >= 0.3 is 0 Å². The van der Waals surface area contributed by atoms with Gasteiger partial charge in [-0.3, -0.25) is 0 Å². The van der Waals surface area contributed by atoms with Crippen molar-refractivity contribution in [3.8, 4) is 0 Å². The van der Waals surface area contributed by atoms with Crippen molar-refractivity contribution in [3.05, 3.63) is 32.7 Å². The van der Waals surface area contributed by atoms with Gasteiger partial charge in [0.05, 0.1) is 0 Å². The fourth-order valence-corrected chi connectivity index (χ4v) is 2.68. The molecule has 0 bridgehead atoms. The van der Waals surface area contributed by atoms with E-state index in [-0.39, 0.29) is 12.4 Å². The molecule has 2 rings (SSSR count). The Hall–Kier alpha value is 0.430. The van der Waals surface area contributed by atoms with Crippen LogP contribution in [0.25, 0.3) is 0 Å². The predicted molar refractivity (Wildman–Crippen MR) is 64.5 cm³/mol. The first kappa shape index (κ1) is 11.5. The van der Waals surface area contributed by atoms with Gasteiger partial charge in [0.1, 0.15) is 0 Å². The van der Waals surface area contributed by atoms with E-state index in [1.807, 2.05) is 0 Å². The van der Waals surface area contributed by atoms with Crippen molar-refractivity contribution in [2.45, 2.75) is 12.5 Å². The molecular weight excluding hydrogens is 317 g/mol.